The molecule has 0 fully saturated rings. The van der Waals surface area contributed by atoms with Crippen molar-refractivity contribution in [2.75, 3.05) is 0 Å². The molecule has 0 N–H and O–H groups in total. The number of hydrogen-bond donors (Lipinski definition) is 0. The van der Waals surface area contributed by atoms with E-state index < -0.39 is 0 Å². The van der Waals surface area contributed by atoms with E-state index in [1.807, 2.05) is 36.7 Å². The van der Waals surface area contributed by atoms with E-state index in [-0.39, 0.29) is 0 Å². The zero-order valence-electron chi connectivity index (χ0n) is 17.2. The van der Waals surface area contributed by atoms with E-state index in [4.69, 9.17) is 34.5 Å². The summed E-state index contributed by atoms with van der Waals surface area (Å²) in [6.45, 7) is 9.70. The number of rotatable bonds is 4. The van der Waals surface area contributed by atoms with Gasteiger partial charge in [-0.15, -0.1) is 0 Å². The van der Waals surface area contributed by atoms with E-state index in [1.54, 1.807) is 35.3 Å². The Kier molecular flexibility index (Phi) is 4.97. The SMILES string of the molecule is [C-]#[N+]c1cc(Cl)cc(Oc2c(Cl)ccc3c2ncn3Cc2nn(C)c3nc(C)ccc23)c1. The van der Waals surface area contributed by atoms with Crippen molar-refractivity contribution in [2.24, 2.45) is 7.05 Å². The Hall–Kier alpha value is -3.60. The number of hydrogen-bond acceptors (Lipinski definition) is 4. The zero-order valence-corrected chi connectivity index (χ0v) is 18.7. The first-order valence-corrected chi connectivity index (χ1v) is 10.5. The first kappa shape index (κ1) is 20.3. The molecule has 158 valence electrons. The second-order valence-electron chi connectivity index (χ2n) is 7.37. The molecular weight excluding hydrogens is 447 g/mol. The first-order chi connectivity index (χ1) is 15.4. The van der Waals surface area contributed by atoms with Crippen LogP contribution in [0.2, 0.25) is 10.0 Å². The topological polar surface area (TPSA) is 62.1 Å². The average Bonchev–Trinajstić information content (AvgIpc) is 3.31. The number of aryl methyl sites for hydroxylation is 2. The van der Waals surface area contributed by atoms with Crippen molar-refractivity contribution < 1.29 is 4.74 Å². The molecule has 9 heteroatoms. The summed E-state index contributed by atoms with van der Waals surface area (Å²) in [5.74, 6) is 0.828. The lowest BCUT2D eigenvalue weighted by Crippen LogP contribution is -2.00. The van der Waals surface area contributed by atoms with Crippen LogP contribution < -0.4 is 4.74 Å². The Balaban J connectivity index is 1.56. The van der Waals surface area contributed by atoms with Gasteiger partial charge in [-0.1, -0.05) is 23.2 Å². The molecule has 3 heterocycles. The Morgan fingerprint density at radius 2 is 1.97 bits per heavy atom. The maximum absolute atomic E-state index is 7.23. The van der Waals surface area contributed by atoms with Crippen molar-refractivity contribution >= 4 is 51.0 Å². The number of pyridine rings is 1. The lowest BCUT2D eigenvalue weighted by atomic mass is 10.2. The summed E-state index contributed by atoms with van der Waals surface area (Å²) in [5, 5.41) is 6.47. The summed E-state index contributed by atoms with van der Waals surface area (Å²) in [6, 6.07) is 12.5. The van der Waals surface area contributed by atoms with E-state index in [9.17, 15) is 0 Å². The highest BCUT2D eigenvalue weighted by Gasteiger charge is 2.17. The van der Waals surface area contributed by atoms with E-state index in [0.717, 1.165) is 27.9 Å². The fourth-order valence-corrected chi connectivity index (χ4v) is 4.08. The van der Waals surface area contributed by atoms with Crippen LogP contribution >= 0.6 is 23.2 Å². The minimum Gasteiger partial charge on any atom is -0.455 e. The molecule has 2 aromatic carbocycles. The van der Waals surface area contributed by atoms with Gasteiger partial charge >= 0.3 is 0 Å². The Morgan fingerprint density at radius 1 is 1.12 bits per heavy atom. The van der Waals surface area contributed by atoms with Crippen LogP contribution in [0.25, 0.3) is 26.9 Å². The molecule has 0 radical (unpaired) electrons. The fraction of sp³-hybridized carbons (Fsp3) is 0.130. The third-order valence-corrected chi connectivity index (χ3v) is 5.64. The van der Waals surface area contributed by atoms with Crippen molar-refractivity contribution in [2.45, 2.75) is 13.5 Å². The Labute approximate surface area is 193 Å². The summed E-state index contributed by atoms with van der Waals surface area (Å²) >= 11 is 12.6. The summed E-state index contributed by atoms with van der Waals surface area (Å²) in [6.07, 6.45) is 1.73. The standard InChI is InChI=1S/C23H16Cl2N6O/c1-13-4-5-17-19(29-30(3)23(17)28-13)11-31-12-27-21-20(31)7-6-18(25)22(21)32-16-9-14(24)8-15(10-16)26-2/h4-10,12H,11H2,1,3H3. The largest absolute Gasteiger partial charge is 0.455 e. The molecule has 0 unspecified atom stereocenters. The average molecular weight is 463 g/mol. The highest BCUT2D eigenvalue weighted by molar-refractivity contribution is 6.33. The second kappa shape index (κ2) is 7.83. The molecule has 0 atom stereocenters. The van der Waals surface area contributed by atoms with E-state index in [0.29, 0.717) is 39.3 Å². The molecule has 5 rings (SSSR count). The maximum Gasteiger partial charge on any atom is 0.192 e. The van der Waals surface area contributed by atoms with Crippen LogP contribution in [-0.4, -0.2) is 24.3 Å². The van der Waals surface area contributed by atoms with Gasteiger partial charge in [-0.2, -0.15) is 5.10 Å². The monoisotopic (exact) mass is 462 g/mol. The van der Waals surface area contributed by atoms with Gasteiger partial charge in [0.2, 0.25) is 0 Å². The molecule has 0 aliphatic rings. The molecular formula is C23H16Cl2N6O. The number of benzene rings is 2. The molecule has 0 aliphatic heterocycles. The lowest BCUT2D eigenvalue weighted by Gasteiger charge is -2.10. The molecule has 5 aromatic rings. The zero-order chi connectivity index (χ0) is 22.4. The van der Waals surface area contributed by atoms with Crippen LogP contribution in [0.15, 0.2) is 48.8 Å². The van der Waals surface area contributed by atoms with Gasteiger partial charge < -0.3 is 9.30 Å². The quantitative estimate of drug-likeness (QED) is 0.293. The molecule has 0 spiro atoms. The number of ether oxygens (including phenoxy) is 1. The normalized spacial score (nSPS) is 11.2. The van der Waals surface area contributed by atoms with Crippen LogP contribution in [0.4, 0.5) is 5.69 Å². The van der Waals surface area contributed by atoms with Crippen LogP contribution in [0.3, 0.4) is 0 Å². The van der Waals surface area contributed by atoms with Crippen molar-refractivity contribution in [3.63, 3.8) is 0 Å². The lowest BCUT2D eigenvalue weighted by molar-refractivity contribution is 0.488. The van der Waals surface area contributed by atoms with E-state index >= 15 is 0 Å². The van der Waals surface area contributed by atoms with Gasteiger partial charge in [0.15, 0.2) is 17.1 Å². The van der Waals surface area contributed by atoms with Crippen LogP contribution in [0.5, 0.6) is 11.5 Å². The minimum absolute atomic E-state index is 0.382. The summed E-state index contributed by atoms with van der Waals surface area (Å²) < 4.78 is 9.81. The van der Waals surface area contributed by atoms with Gasteiger partial charge in [-0.25, -0.2) is 14.8 Å². The molecule has 0 saturated carbocycles. The van der Waals surface area contributed by atoms with Gasteiger partial charge in [0, 0.05) is 23.2 Å². The maximum atomic E-state index is 7.23. The first-order valence-electron chi connectivity index (χ1n) is 9.71. The molecule has 0 aliphatic carbocycles. The van der Waals surface area contributed by atoms with Gasteiger partial charge in [0.25, 0.3) is 0 Å². The van der Waals surface area contributed by atoms with Gasteiger partial charge in [-0.05, 0) is 49.4 Å². The highest BCUT2D eigenvalue weighted by atomic mass is 35.5. The third kappa shape index (κ3) is 3.54. The molecule has 32 heavy (non-hydrogen) atoms. The van der Waals surface area contributed by atoms with Gasteiger partial charge in [-0.3, -0.25) is 4.68 Å². The smallest absolute Gasteiger partial charge is 0.192 e. The molecule has 0 amide bonds. The number of imidazole rings is 1. The van der Waals surface area contributed by atoms with Crippen LogP contribution in [0, 0.1) is 13.5 Å². The predicted octanol–water partition coefficient (Wildman–Crippen LogP) is 6.32. The van der Waals surface area contributed by atoms with Crippen molar-refractivity contribution in [1.29, 1.82) is 0 Å². The van der Waals surface area contributed by atoms with Crippen LogP contribution in [-0.2, 0) is 13.6 Å². The van der Waals surface area contributed by atoms with E-state index in [2.05, 4.69) is 19.9 Å². The van der Waals surface area contributed by atoms with E-state index in [1.165, 1.54) is 0 Å². The van der Waals surface area contributed by atoms with Crippen molar-refractivity contribution in [3.05, 3.63) is 81.6 Å². The van der Waals surface area contributed by atoms with Gasteiger partial charge in [0.1, 0.15) is 11.3 Å². The molecule has 3 aromatic heterocycles. The van der Waals surface area contributed by atoms with Crippen molar-refractivity contribution in [1.82, 2.24) is 24.3 Å². The molecule has 7 nitrogen and oxygen atoms in total. The number of fused-ring (bicyclic) bond motifs is 2. The molecule has 0 saturated heterocycles. The van der Waals surface area contributed by atoms with Gasteiger partial charge in [0.05, 0.1) is 35.7 Å². The summed E-state index contributed by atoms with van der Waals surface area (Å²) in [4.78, 5) is 12.6. The predicted molar refractivity (Wildman–Crippen MR) is 125 cm³/mol. The number of aromatic nitrogens is 5. The van der Waals surface area contributed by atoms with Crippen LogP contribution in [0.1, 0.15) is 11.4 Å². The van der Waals surface area contributed by atoms with Crippen molar-refractivity contribution in [3.8, 4) is 11.5 Å². The second-order valence-corrected chi connectivity index (χ2v) is 8.21. The Bertz CT molecular complexity index is 1550. The number of nitrogens with zero attached hydrogens (tertiary/aromatic N) is 6. The highest BCUT2D eigenvalue weighted by Crippen LogP contribution is 2.38. The summed E-state index contributed by atoms with van der Waals surface area (Å²) in [7, 11) is 1.89. The number of halogens is 2. The summed E-state index contributed by atoms with van der Waals surface area (Å²) in [5.41, 5.74) is 4.51. The molecule has 0 bridgehead atoms. The fourth-order valence-electron chi connectivity index (χ4n) is 3.67. The Morgan fingerprint density at radius 3 is 2.78 bits per heavy atom. The minimum atomic E-state index is 0.382. The third-order valence-electron chi connectivity index (χ3n) is 5.13.